The van der Waals surface area contributed by atoms with Crippen molar-refractivity contribution in [1.82, 2.24) is 10.2 Å². The molecule has 1 saturated heterocycles. The van der Waals surface area contributed by atoms with Gasteiger partial charge in [-0.05, 0) is 0 Å². The quantitative estimate of drug-likeness (QED) is 0.785. The second kappa shape index (κ2) is 4.82. The summed E-state index contributed by atoms with van der Waals surface area (Å²) in [5, 5.41) is 9.68. The molecule has 0 N–H and O–H groups in total. The zero-order valence-electron chi connectivity index (χ0n) is 10.1. The molecule has 5 heteroatoms. The Morgan fingerprint density at radius 2 is 2.11 bits per heavy atom. The predicted octanol–water partition coefficient (Wildman–Crippen LogP) is 2.19. The van der Waals surface area contributed by atoms with Gasteiger partial charge < -0.3 is 0 Å². The van der Waals surface area contributed by atoms with Gasteiger partial charge in [0.2, 0.25) is 11.0 Å². The van der Waals surface area contributed by atoms with Crippen molar-refractivity contribution in [3.05, 3.63) is 30.3 Å². The Bertz CT molecular complexity index is 644. The first kappa shape index (κ1) is 11.9. The Morgan fingerprint density at radius 1 is 1.32 bits per heavy atom. The molecule has 1 aromatic heterocycles. The smallest absolute Gasteiger partial charge is 0.230 e. The molecule has 1 aliphatic rings. The summed E-state index contributed by atoms with van der Waals surface area (Å²) in [6.07, 6.45) is 5.77. The second-order valence-corrected chi connectivity index (χ2v) is 5.28. The van der Waals surface area contributed by atoms with Crippen LogP contribution in [0.25, 0.3) is 10.6 Å². The van der Waals surface area contributed by atoms with Crippen molar-refractivity contribution in [2.24, 2.45) is 5.92 Å². The maximum absolute atomic E-state index is 11.9. The van der Waals surface area contributed by atoms with Gasteiger partial charge in [-0.3, -0.25) is 9.69 Å². The van der Waals surface area contributed by atoms with Gasteiger partial charge in [0.05, 0.1) is 0 Å². The number of aromatic nitrogens is 2. The molecule has 19 heavy (non-hydrogen) atoms. The zero-order valence-corrected chi connectivity index (χ0v) is 10.9. The molecule has 0 aliphatic carbocycles. The molecule has 94 valence electrons. The highest BCUT2D eigenvalue weighted by atomic mass is 32.1. The van der Waals surface area contributed by atoms with Gasteiger partial charge in [-0.15, -0.1) is 22.5 Å². The van der Waals surface area contributed by atoms with E-state index in [9.17, 15) is 4.79 Å². The van der Waals surface area contributed by atoms with E-state index < -0.39 is 0 Å². The first-order valence-electron chi connectivity index (χ1n) is 5.93. The largest absolute Gasteiger partial charge is 0.285 e. The topological polar surface area (TPSA) is 46.1 Å². The number of hydrogen-bond acceptors (Lipinski definition) is 4. The number of terminal acetylenes is 1. The van der Waals surface area contributed by atoms with E-state index in [1.165, 1.54) is 11.3 Å². The van der Waals surface area contributed by atoms with Crippen LogP contribution in [0.3, 0.4) is 0 Å². The first-order chi connectivity index (χ1) is 9.28. The number of benzene rings is 1. The lowest BCUT2D eigenvalue weighted by atomic mass is 10.1. The lowest BCUT2D eigenvalue weighted by Crippen LogP contribution is -2.24. The van der Waals surface area contributed by atoms with Gasteiger partial charge in [-0.2, -0.15) is 0 Å². The van der Waals surface area contributed by atoms with Crippen molar-refractivity contribution < 1.29 is 4.79 Å². The van der Waals surface area contributed by atoms with Gasteiger partial charge in [-0.1, -0.05) is 41.7 Å². The normalized spacial score (nSPS) is 18.6. The lowest BCUT2D eigenvalue weighted by molar-refractivity contribution is -0.117. The molecule has 2 aromatic rings. The molecule has 0 spiro atoms. The van der Waals surface area contributed by atoms with Crippen molar-refractivity contribution in [2.75, 3.05) is 11.4 Å². The summed E-state index contributed by atoms with van der Waals surface area (Å²) in [6, 6.07) is 9.80. The highest BCUT2D eigenvalue weighted by Crippen LogP contribution is 2.31. The molecule has 4 nitrogen and oxygen atoms in total. The van der Waals surface area contributed by atoms with Crippen molar-refractivity contribution in [3.8, 4) is 22.9 Å². The predicted molar refractivity (Wildman–Crippen MR) is 74.6 cm³/mol. The Balaban J connectivity index is 1.87. The van der Waals surface area contributed by atoms with Crippen molar-refractivity contribution >= 4 is 22.4 Å². The minimum atomic E-state index is -0.0171. The minimum absolute atomic E-state index is 0.0171. The number of carbonyl (C=O) groups excluding carboxylic acids is 1. The van der Waals surface area contributed by atoms with Crippen LogP contribution in [0.15, 0.2) is 30.3 Å². The van der Waals surface area contributed by atoms with Crippen LogP contribution in [-0.2, 0) is 4.79 Å². The summed E-state index contributed by atoms with van der Waals surface area (Å²) in [5.74, 6) is 2.64. The molecule has 0 bridgehead atoms. The maximum atomic E-state index is 11.9. The molecule has 3 rings (SSSR count). The Kier molecular flexibility index (Phi) is 3.02. The Labute approximate surface area is 115 Å². The average Bonchev–Trinajstić information content (AvgIpc) is 3.06. The summed E-state index contributed by atoms with van der Waals surface area (Å²) in [7, 11) is 0. The first-order valence-corrected chi connectivity index (χ1v) is 6.75. The minimum Gasteiger partial charge on any atom is -0.285 e. The molecular formula is C14H11N3OS. The summed E-state index contributed by atoms with van der Waals surface area (Å²) in [5.41, 5.74) is 1.01. The summed E-state index contributed by atoms with van der Waals surface area (Å²) in [4.78, 5) is 13.5. The molecular weight excluding hydrogens is 258 g/mol. The third kappa shape index (κ3) is 2.23. The van der Waals surface area contributed by atoms with Gasteiger partial charge in [-0.25, -0.2) is 0 Å². The molecule has 1 atom stereocenters. The van der Waals surface area contributed by atoms with Gasteiger partial charge >= 0.3 is 0 Å². The lowest BCUT2D eigenvalue weighted by Gasteiger charge is -2.09. The van der Waals surface area contributed by atoms with Crippen LogP contribution in [0, 0.1) is 18.3 Å². The Morgan fingerprint density at radius 3 is 2.79 bits per heavy atom. The number of anilines is 1. The van der Waals surface area contributed by atoms with E-state index in [1.54, 1.807) is 4.90 Å². The van der Waals surface area contributed by atoms with Gasteiger partial charge in [0.25, 0.3) is 0 Å². The fourth-order valence-corrected chi connectivity index (χ4v) is 2.90. The van der Waals surface area contributed by atoms with Crippen LogP contribution in [0.5, 0.6) is 0 Å². The molecule has 2 heterocycles. The molecule has 1 fully saturated rings. The molecule has 1 unspecified atom stereocenters. The van der Waals surface area contributed by atoms with E-state index in [0.717, 1.165) is 10.6 Å². The SMILES string of the molecule is C#CC1CC(=O)N(c2nnc(-c3ccccc3)s2)C1. The standard InChI is InChI=1S/C14H11N3OS/c1-2-10-8-12(18)17(9-10)14-16-15-13(19-14)11-6-4-3-5-7-11/h1,3-7,10H,8-9H2. The Hall–Kier alpha value is -2.19. The average molecular weight is 269 g/mol. The van der Waals surface area contributed by atoms with Crippen molar-refractivity contribution in [3.63, 3.8) is 0 Å². The molecule has 1 aliphatic heterocycles. The second-order valence-electron chi connectivity index (χ2n) is 4.33. The number of amides is 1. The number of hydrogen-bond donors (Lipinski definition) is 0. The zero-order chi connectivity index (χ0) is 13.2. The monoisotopic (exact) mass is 269 g/mol. The number of nitrogens with zero attached hydrogens (tertiary/aromatic N) is 3. The van der Waals surface area contributed by atoms with Gasteiger partial charge in [0.15, 0.2) is 0 Å². The van der Waals surface area contributed by atoms with Crippen LogP contribution in [0.2, 0.25) is 0 Å². The van der Waals surface area contributed by atoms with E-state index in [0.29, 0.717) is 18.1 Å². The summed E-state index contributed by atoms with van der Waals surface area (Å²) >= 11 is 1.41. The molecule has 1 amide bonds. The molecule has 0 radical (unpaired) electrons. The van der Waals surface area contributed by atoms with E-state index in [-0.39, 0.29) is 11.8 Å². The van der Waals surface area contributed by atoms with Crippen LogP contribution in [0.4, 0.5) is 5.13 Å². The van der Waals surface area contributed by atoms with Crippen LogP contribution in [-0.4, -0.2) is 22.6 Å². The number of rotatable bonds is 2. The van der Waals surface area contributed by atoms with E-state index in [4.69, 9.17) is 6.42 Å². The maximum Gasteiger partial charge on any atom is 0.230 e. The fraction of sp³-hybridized carbons (Fsp3) is 0.214. The highest BCUT2D eigenvalue weighted by molar-refractivity contribution is 7.18. The van der Waals surface area contributed by atoms with Crippen LogP contribution in [0.1, 0.15) is 6.42 Å². The third-order valence-electron chi connectivity index (χ3n) is 3.03. The van der Waals surface area contributed by atoms with Gasteiger partial charge in [0.1, 0.15) is 5.01 Å². The molecule has 0 saturated carbocycles. The van der Waals surface area contributed by atoms with Crippen molar-refractivity contribution in [2.45, 2.75) is 6.42 Å². The van der Waals surface area contributed by atoms with E-state index >= 15 is 0 Å². The summed E-state index contributed by atoms with van der Waals surface area (Å²) in [6.45, 7) is 0.540. The fourth-order valence-electron chi connectivity index (χ4n) is 2.03. The summed E-state index contributed by atoms with van der Waals surface area (Å²) < 4.78 is 0. The van der Waals surface area contributed by atoms with Crippen LogP contribution < -0.4 is 4.90 Å². The van der Waals surface area contributed by atoms with Crippen LogP contribution >= 0.6 is 11.3 Å². The highest BCUT2D eigenvalue weighted by Gasteiger charge is 2.31. The number of carbonyl (C=O) groups is 1. The van der Waals surface area contributed by atoms with E-state index in [2.05, 4.69) is 16.1 Å². The van der Waals surface area contributed by atoms with Gasteiger partial charge in [0, 0.05) is 24.4 Å². The van der Waals surface area contributed by atoms with E-state index in [1.807, 2.05) is 30.3 Å². The molecule has 1 aromatic carbocycles. The third-order valence-corrected chi connectivity index (χ3v) is 4.02. The van der Waals surface area contributed by atoms with Crippen molar-refractivity contribution in [1.29, 1.82) is 0 Å².